The minimum atomic E-state index is -0.355. The Kier molecular flexibility index (Phi) is 5.66. The molecule has 0 unspecified atom stereocenters. The third kappa shape index (κ3) is 4.76. The number of carbonyl (C=O) groups is 2. The van der Waals surface area contributed by atoms with Gasteiger partial charge in [0, 0.05) is 17.3 Å². The average Bonchev–Trinajstić information content (AvgIpc) is 2.55. The molecule has 0 saturated carbocycles. The van der Waals surface area contributed by atoms with E-state index in [0.717, 1.165) is 5.56 Å². The van der Waals surface area contributed by atoms with Crippen LogP contribution in [0.1, 0.15) is 42.7 Å². The molecule has 2 atom stereocenters. The molecule has 0 aromatic heterocycles. The number of ketones is 1. The van der Waals surface area contributed by atoms with Crippen molar-refractivity contribution in [3.05, 3.63) is 65.7 Å². The highest BCUT2D eigenvalue weighted by atomic mass is 16.2. The van der Waals surface area contributed by atoms with Gasteiger partial charge in [-0.05, 0) is 38.5 Å². The van der Waals surface area contributed by atoms with Crippen LogP contribution in [0.25, 0.3) is 0 Å². The fourth-order valence-electron chi connectivity index (χ4n) is 2.36. The highest BCUT2D eigenvalue weighted by molar-refractivity contribution is 5.98. The summed E-state index contributed by atoms with van der Waals surface area (Å²) in [7, 11) is 0. The second-order valence-corrected chi connectivity index (χ2v) is 5.65. The van der Waals surface area contributed by atoms with E-state index in [1.807, 2.05) is 44.2 Å². The Morgan fingerprint density at radius 1 is 0.957 bits per heavy atom. The van der Waals surface area contributed by atoms with Crippen LogP contribution in [0.15, 0.2) is 54.6 Å². The minimum Gasteiger partial charge on any atom is -0.325 e. The molecule has 2 aromatic carbocycles. The maximum absolute atomic E-state index is 12.3. The van der Waals surface area contributed by atoms with E-state index < -0.39 is 0 Å². The lowest BCUT2D eigenvalue weighted by molar-refractivity contribution is -0.117. The van der Waals surface area contributed by atoms with Gasteiger partial charge in [-0.15, -0.1) is 0 Å². The molecule has 0 saturated heterocycles. The summed E-state index contributed by atoms with van der Waals surface area (Å²) in [6.07, 6.45) is 0. The molecular formula is C19H22N2O2. The Labute approximate surface area is 136 Å². The number of benzene rings is 2. The first-order chi connectivity index (χ1) is 11.0. The fraction of sp³-hybridized carbons (Fsp3) is 0.263. The van der Waals surface area contributed by atoms with E-state index in [1.165, 1.54) is 6.92 Å². The molecule has 1 amide bonds. The second-order valence-electron chi connectivity index (χ2n) is 5.65. The zero-order valence-electron chi connectivity index (χ0n) is 13.7. The molecule has 0 heterocycles. The predicted molar refractivity (Wildman–Crippen MR) is 92.5 cm³/mol. The lowest BCUT2D eigenvalue weighted by Gasteiger charge is -2.20. The molecule has 0 aliphatic heterocycles. The quantitative estimate of drug-likeness (QED) is 0.802. The Morgan fingerprint density at radius 2 is 1.65 bits per heavy atom. The summed E-state index contributed by atoms with van der Waals surface area (Å²) in [5, 5.41) is 6.11. The normalized spacial score (nSPS) is 13.2. The van der Waals surface area contributed by atoms with Gasteiger partial charge in [0.2, 0.25) is 5.91 Å². The van der Waals surface area contributed by atoms with Gasteiger partial charge >= 0.3 is 0 Å². The number of amides is 1. The maximum atomic E-state index is 12.3. The largest absolute Gasteiger partial charge is 0.325 e. The molecule has 0 spiro atoms. The van der Waals surface area contributed by atoms with Crippen LogP contribution in [0.4, 0.5) is 5.69 Å². The molecule has 0 aliphatic rings. The molecule has 2 N–H and O–H groups in total. The van der Waals surface area contributed by atoms with Crippen molar-refractivity contribution in [1.29, 1.82) is 0 Å². The summed E-state index contributed by atoms with van der Waals surface area (Å²) >= 11 is 0. The first kappa shape index (κ1) is 16.9. The number of rotatable bonds is 6. The van der Waals surface area contributed by atoms with Gasteiger partial charge < -0.3 is 5.32 Å². The van der Waals surface area contributed by atoms with E-state index in [2.05, 4.69) is 10.6 Å². The van der Waals surface area contributed by atoms with Crippen molar-refractivity contribution in [1.82, 2.24) is 5.32 Å². The standard InChI is InChI=1S/C19H22N2O2/c1-13(16-8-5-4-6-9-16)20-14(2)19(23)21-18-11-7-10-17(12-18)15(3)22/h4-14,20H,1-3H3,(H,21,23)/t13-,14-/m1/s1. The molecule has 0 aliphatic carbocycles. The van der Waals surface area contributed by atoms with Crippen molar-refractivity contribution in [3.8, 4) is 0 Å². The van der Waals surface area contributed by atoms with Crippen molar-refractivity contribution >= 4 is 17.4 Å². The van der Waals surface area contributed by atoms with Crippen LogP contribution in [0.5, 0.6) is 0 Å². The Bertz CT molecular complexity index is 683. The van der Waals surface area contributed by atoms with Gasteiger partial charge in [-0.2, -0.15) is 0 Å². The molecule has 0 fully saturated rings. The lowest BCUT2D eigenvalue weighted by Crippen LogP contribution is -2.39. The summed E-state index contributed by atoms with van der Waals surface area (Å²) in [5.41, 5.74) is 2.34. The predicted octanol–water partition coefficient (Wildman–Crippen LogP) is 3.57. The van der Waals surface area contributed by atoms with Gasteiger partial charge in [-0.3, -0.25) is 14.9 Å². The fourth-order valence-corrected chi connectivity index (χ4v) is 2.36. The van der Waals surface area contributed by atoms with Crippen molar-refractivity contribution in [2.24, 2.45) is 0 Å². The summed E-state index contributed by atoms with van der Waals surface area (Å²) in [4.78, 5) is 23.7. The van der Waals surface area contributed by atoms with Crippen LogP contribution in [0.3, 0.4) is 0 Å². The van der Waals surface area contributed by atoms with E-state index >= 15 is 0 Å². The number of hydrogen-bond donors (Lipinski definition) is 2. The summed E-state index contributed by atoms with van der Waals surface area (Å²) in [6.45, 7) is 5.35. The number of anilines is 1. The van der Waals surface area contributed by atoms with E-state index in [0.29, 0.717) is 11.3 Å². The first-order valence-electron chi connectivity index (χ1n) is 7.70. The van der Waals surface area contributed by atoms with Crippen LogP contribution in [-0.4, -0.2) is 17.7 Å². The zero-order valence-corrected chi connectivity index (χ0v) is 13.7. The Balaban J connectivity index is 1.97. The van der Waals surface area contributed by atoms with Gasteiger partial charge in [-0.25, -0.2) is 0 Å². The third-order valence-corrected chi connectivity index (χ3v) is 3.73. The lowest BCUT2D eigenvalue weighted by atomic mass is 10.1. The molecule has 2 aromatic rings. The van der Waals surface area contributed by atoms with E-state index in [9.17, 15) is 9.59 Å². The number of Topliss-reactive ketones (excluding diaryl/α,β-unsaturated/α-hetero) is 1. The molecule has 4 nitrogen and oxygen atoms in total. The van der Waals surface area contributed by atoms with Gasteiger partial charge in [0.25, 0.3) is 0 Å². The maximum Gasteiger partial charge on any atom is 0.241 e. The van der Waals surface area contributed by atoms with Crippen molar-refractivity contribution in [2.75, 3.05) is 5.32 Å². The van der Waals surface area contributed by atoms with Crippen LogP contribution in [-0.2, 0) is 4.79 Å². The second kappa shape index (κ2) is 7.70. The number of hydrogen-bond acceptors (Lipinski definition) is 3. The molecule has 4 heteroatoms. The molecular weight excluding hydrogens is 288 g/mol. The monoisotopic (exact) mass is 310 g/mol. The van der Waals surface area contributed by atoms with Gasteiger partial charge in [0.05, 0.1) is 6.04 Å². The van der Waals surface area contributed by atoms with Crippen LogP contribution in [0, 0.1) is 0 Å². The molecule has 120 valence electrons. The smallest absolute Gasteiger partial charge is 0.241 e. The van der Waals surface area contributed by atoms with Gasteiger partial charge in [-0.1, -0.05) is 42.5 Å². The van der Waals surface area contributed by atoms with Crippen molar-refractivity contribution in [2.45, 2.75) is 32.9 Å². The Hall–Kier alpha value is -2.46. The van der Waals surface area contributed by atoms with E-state index in [4.69, 9.17) is 0 Å². The van der Waals surface area contributed by atoms with Gasteiger partial charge in [0.15, 0.2) is 5.78 Å². The van der Waals surface area contributed by atoms with Gasteiger partial charge in [0.1, 0.15) is 0 Å². The summed E-state index contributed by atoms with van der Waals surface area (Å²) in [6, 6.07) is 16.6. The SMILES string of the molecule is CC(=O)c1cccc(NC(=O)[C@@H](C)N[C@H](C)c2ccccc2)c1. The third-order valence-electron chi connectivity index (χ3n) is 3.73. The van der Waals surface area contributed by atoms with Crippen molar-refractivity contribution < 1.29 is 9.59 Å². The Morgan fingerprint density at radius 3 is 2.30 bits per heavy atom. The highest BCUT2D eigenvalue weighted by Crippen LogP contribution is 2.14. The van der Waals surface area contributed by atoms with E-state index in [1.54, 1.807) is 24.3 Å². The van der Waals surface area contributed by atoms with E-state index in [-0.39, 0.29) is 23.8 Å². The molecule has 0 radical (unpaired) electrons. The number of carbonyl (C=O) groups excluding carboxylic acids is 2. The molecule has 2 rings (SSSR count). The zero-order chi connectivity index (χ0) is 16.8. The summed E-state index contributed by atoms with van der Waals surface area (Å²) in [5.74, 6) is -0.154. The van der Waals surface area contributed by atoms with Crippen molar-refractivity contribution in [3.63, 3.8) is 0 Å². The first-order valence-corrected chi connectivity index (χ1v) is 7.70. The average molecular weight is 310 g/mol. The highest BCUT2D eigenvalue weighted by Gasteiger charge is 2.16. The summed E-state index contributed by atoms with van der Waals surface area (Å²) < 4.78 is 0. The minimum absolute atomic E-state index is 0.0232. The van der Waals surface area contributed by atoms with Crippen LogP contribution >= 0.6 is 0 Å². The van der Waals surface area contributed by atoms with Crippen LogP contribution < -0.4 is 10.6 Å². The topological polar surface area (TPSA) is 58.2 Å². The van der Waals surface area contributed by atoms with Crippen LogP contribution in [0.2, 0.25) is 0 Å². The molecule has 23 heavy (non-hydrogen) atoms. The molecule has 0 bridgehead atoms. The number of nitrogens with one attached hydrogen (secondary N) is 2.